The van der Waals surface area contributed by atoms with Crippen molar-refractivity contribution in [2.45, 2.75) is 25.4 Å². The zero-order valence-corrected chi connectivity index (χ0v) is 22.9. The highest BCUT2D eigenvalue weighted by Gasteiger charge is 2.35. The maximum Gasteiger partial charge on any atom is 0.320 e. The van der Waals surface area contributed by atoms with Crippen molar-refractivity contribution in [3.8, 4) is 16.9 Å². The molecule has 0 spiro atoms. The van der Waals surface area contributed by atoms with Crippen LogP contribution >= 0.6 is 0 Å². The summed E-state index contributed by atoms with van der Waals surface area (Å²) in [6, 6.07) is 22.5. The van der Waals surface area contributed by atoms with Crippen LogP contribution in [0.2, 0.25) is 0 Å². The number of halogens is 1. The van der Waals surface area contributed by atoms with Gasteiger partial charge in [-0.25, -0.2) is 14.5 Å². The van der Waals surface area contributed by atoms with Crippen LogP contribution in [0.1, 0.15) is 22.6 Å². The van der Waals surface area contributed by atoms with Crippen molar-refractivity contribution in [3.05, 3.63) is 114 Å². The van der Waals surface area contributed by atoms with E-state index >= 15 is 0 Å². The van der Waals surface area contributed by atoms with Gasteiger partial charge < -0.3 is 5.32 Å². The van der Waals surface area contributed by atoms with E-state index in [0.717, 1.165) is 34.6 Å². The number of nitrogens with one attached hydrogen (secondary N) is 2. The maximum absolute atomic E-state index is 14.1. The van der Waals surface area contributed by atoms with Gasteiger partial charge in [-0.2, -0.15) is 14.6 Å². The van der Waals surface area contributed by atoms with Crippen molar-refractivity contribution in [2.24, 2.45) is 7.05 Å². The molecule has 0 aliphatic carbocycles. The second kappa shape index (κ2) is 11.3. The lowest BCUT2D eigenvalue weighted by molar-refractivity contribution is 0.246. The second-order valence-corrected chi connectivity index (χ2v) is 10.4. The molecule has 1 aliphatic rings. The van der Waals surface area contributed by atoms with Crippen LogP contribution in [-0.4, -0.2) is 54.6 Å². The van der Waals surface area contributed by atoms with E-state index in [-0.39, 0.29) is 18.0 Å². The first-order chi connectivity index (χ1) is 19.9. The molecule has 0 unspecified atom stereocenters. The quantitative estimate of drug-likeness (QED) is 0.281. The number of benzene rings is 2. The molecule has 1 aliphatic heterocycles. The van der Waals surface area contributed by atoms with Gasteiger partial charge in [0.05, 0.1) is 17.9 Å². The number of urea groups is 1. The number of likely N-dealkylation sites (tertiary alicyclic amines) is 1. The number of para-hydroxylation sites is 1. The van der Waals surface area contributed by atoms with Gasteiger partial charge in [0.2, 0.25) is 5.95 Å². The smallest absolute Gasteiger partial charge is 0.320 e. The molecule has 41 heavy (non-hydrogen) atoms. The normalized spacial score (nSPS) is 17.0. The number of anilines is 1. The molecule has 1 fully saturated rings. The molecule has 0 bridgehead atoms. The van der Waals surface area contributed by atoms with Gasteiger partial charge in [-0.15, -0.1) is 0 Å². The van der Waals surface area contributed by atoms with E-state index in [1.165, 1.54) is 17.8 Å². The molecule has 2 aromatic carbocycles. The predicted octanol–water partition coefficient (Wildman–Crippen LogP) is 4.91. The highest BCUT2D eigenvalue weighted by molar-refractivity contribution is 5.91. The summed E-state index contributed by atoms with van der Waals surface area (Å²) in [5.41, 5.74) is 5.22. The maximum atomic E-state index is 14.1. The number of aromatic nitrogens is 5. The van der Waals surface area contributed by atoms with Crippen LogP contribution in [-0.2, 0) is 13.6 Å². The van der Waals surface area contributed by atoms with Crippen molar-refractivity contribution in [3.63, 3.8) is 0 Å². The molecule has 4 heterocycles. The third-order valence-electron chi connectivity index (χ3n) is 7.47. The van der Waals surface area contributed by atoms with Gasteiger partial charge in [-0.3, -0.25) is 14.9 Å². The molecule has 1 saturated heterocycles. The summed E-state index contributed by atoms with van der Waals surface area (Å²) in [4.78, 5) is 19.6. The highest BCUT2D eigenvalue weighted by atomic mass is 19.1. The molecular weight excluding hydrogens is 519 g/mol. The van der Waals surface area contributed by atoms with Crippen molar-refractivity contribution in [1.82, 2.24) is 34.8 Å². The fourth-order valence-corrected chi connectivity index (χ4v) is 5.52. The van der Waals surface area contributed by atoms with Gasteiger partial charge in [0.25, 0.3) is 0 Å². The van der Waals surface area contributed by atoms with E-state index in [2.05, 4.69) is 37.7 Å². The molecule has 10 heteroatoms. The Balaban J connectivity index is 1.27. The number of hydrogen-bond donors (Lipinski definition) is 2. The first-order valence-electron chi connectivity index (χ1n) is 13.5. The highest BCUT2D eigenvalue weighted by Crippen LogP contribution is 2.32. The summed E-state index contributed by atoms with van der Waals surface area (Å²) in [7, 11) is 1.85. The molecule has 3 aromatic heterocycles. The summed E-state index contributed by atoms with van der Waals surface area (Å²) in [6.07, 6.45) is 5.13. The Morgan fingerprint density at radius 1 is 1.05 bits per heavy atom. The van der Waals surface area contributed by atoms with Crippen molar-refractivity contribution >= 4 is 11.8 Å². The van der Waals surface area contributed by atoms with E-state index in [1.807, 2.05) is 74.8 Å². The van der Waals surface area contributed by atoms with Gasteiger partial charge in [0, 0.05) is 56.1 Å². The van der Waals surface area contributed by atoms with Crippen LogP contribution < -0.4 is 10.6 Å². The molecule has 2 atom stereocenters. The lowest BCUT2D eigenvalue weighted by Crippen LogP contribution is -2.42. The molecular formula is C31H31FN8O. The third-order valence-corrected chi connectivity index (χ3v) is 7.47. The summed E-state index contributed by atoms with van der Waals surface area (Å²) in [5, 5.41) is 15.4. The van der Waals surface area contributed by atoms with Crippen LogP contribution in [0.5, 0.6) is 0 Å². The SMILES string of the molecule is Cc1c(-c2cnn(C)c2)nn(-c2ccccc2)c1NC(=O)N[C@@H]1CN(Cc2ccccc2)C[C@H]1c1ccnc(F)c1. The topological polar surface area (TPSA) is 92.9 Å². The third kappa shape index (κ3) is 5.73. The van der Waals surface area contributed by atoms with Gasteiger partial charge in [-0.1, -0.05) is 48.5 Å². The standard InChI is InChI=1S/C31H31FN8O/c1-21-29(24-16-34-38(2)18-24)37-40(25-11-7-4-8-12-25)30(21)36-31(41)35-27-20-39(17-22-9-5-3-6-10-22)19-26(27)23-13-14-33-28(32)15-23/h3-16,18,26-27H,17,19-20H2,1-2H3,(H2,35,36,41)/t26-,27+/m0/s1. The Kier molecular flexibility index (Phi) is 7.30. The Morgan fingerprint density at radius 2 is 1.80 bits per heavy atom. The molecule has 208 valence electrons. The Morgan fingerprint density at radius 3 is 2.51 bits per heavy atom. The lowest BCUT2D eigenvalue weighted by atomic mass is 9.95. The number of carbonyl (C=O) groups is 1. The summed E-state index contributed by atoms with van der Waals surface area (Å²) in [5.74, 6) is -0.0659. The van der Waals surface area contributed by atoms with Crippen LogP contribution in [0.15, 0.2) is 91.4 Å². The fourth-order valence-electron chi connectivity index (χ4n) is 5.52. The zero-order valence-electron chi connectivity index (χ0n) is 22.9. The van der Waals surface area contributed by atoms with E-state index in [9.17, 15) is 9.18 Å². The van der Waals surface area contributed by atoms with E-state index in [4.69, 9.17) is 5.10 Å². The number of aryl methyl sites for hydroxylation is 1. The van der Waals surface area contributed by atoms with Crippen LogP contribution in [0.3, 0.4) is 0 Å². The number of amides is 2. The second-order valence-electron chi connectivity index (χ2n) is 10.4. The molecule has 9 nitrogen and oxygen atoms in total. The summed E-state index contributed by atoms with van der Waals surface area (Å²) >= 11 is 0. The van der Waals surface area contributed by atoms with E-state index in [0.29, 0.717) is 18.9 Å². The van der Waals surface area contributed by atoms with Crippen molar-refractivity contribution < 1.29 is 9.18 Å². The minimum Gasteiger partial charge on any atom is -0.333 e. The Hall–Kier alpha value is -4.83. The van der Waals surface area contributed by atoms with Gasteiger partial charge in [-0.05, 0) is 42.3 Å². The van der Waals surface area contributed by atoms with Gasteiger partial charge in [0.1, 0.15) is 11.5 Å². The van der Waals surface area contributed by atoms with Gasteiger partial charge in [0.15, 0.2) is 0 Å². The molecule has 2 amide bonds. The lowest BCUT2D eigenvalue weighted by Gasteiger charge is -2.21. The fraction of sp³-hybridized carbons (Fsp3) is 0.226. The summed E-state index contributed by atoms with van der Waals surface area (Å²) in [6.45, 7) is 3.97. The molecule has 0 radical (unpaired) electrons. The van der Waals surface area contributed by atoms with Crippen molar-refractivity contribution in [1.29, 1.82) is 0 Å². The average Bonchev–Trinajstić information content (AvgIpc) is 3.67. The van der Waals surface area contributed by atoms with Crippen molar-refractivity contribution in [2.75, 3.05) is 18.4 Å². The first-order valence-corrected chi connectivity index (χ1v) is 13.5. The minimum absolute atomic E-state index is 0.104. The number of rotatable bonds is 7. The van der Waals surface area contributed by atoms with E-state index in [1.54, 1.807) is 15.6 Å². The minimum atomic E-state index is -0.530. The summed E-state index contributed by atoms with van der Waals surface area (Å²) < 4.78 is 17.6. The number of pyridine rings is 1. The number of carbonyl (C=O) groups excluding carboxylic acids is 1. The van der Waals surface area contributed by atoms with Crippen LogP contribution in [0.4, 0.5) is 15.0 Å². The molecule has 6 rings (SSSR count). The van der Waals surface area contributed by atoms with Gasteiger partial charge >= 0.3 is 6.03 Å². The monoisotopic (exact) mass is 550 g/mol. The Labute approximate surface area is 237 Å². The first kappa shape index (κ1) is 26.4. The molecule has 2 N–H and O–H groups in total. The molecule has 5 aromatic rings. The number of nitrogens with zero attached hydrogens (tertiary/aromatic N) is 6. The predicted molar refractivity (Wildman–Crippen MR) is 155 cm³/mol. The average molecular weight is 551 g/mol. The Bertz CT molecular complexity index is 1650. The zero-order chi connectivity index (χ0) is 28.3. The largest absolute Gasteiger partial charge is 0.333 e. The van der Waals surface area contributed by atoms with Crippen LogP contribution in [0.25, 0.3) is 16.9 Å². The number of hydrogen-bond acceptors (Lipinski definition) is 5. The van der Waals surface area contributed by atoms with Crippen LogP contribution in [0, 0.1) is 12.9 Å². The molecule has 0 saturated carbocycles. The van der Waals surface area contributed by atoms with E-state index < -0.39 is 5.95 Å².